The molecule has 0 spiro atoms. The minimum absolute atomic E-state index is 0.0290. The lowest BCUT2D eigenvalue weighted by Crippen LogP contribution is -2.23. The van der Waals surface area contributed by atoms with Crippen molar-refractivity contribution in [2.75, 3.05) is 5.73 Å². The van der Waals surface area contributed by atoms with Crippen LogP contribution in [0.1, 0.15) is 31.9 Å². The maximum absolute atomic E-state index is 12.7. The highest BCUT2D eigenvalue weighted by molar-refractivity contribution is 7.90. The van der Waals surface area contributed by atoms with Gasteiger partial charge in [-0.2, -0.15) is 0 Å². The molecule has 0 saturated heterocycles. The first-order valence-electron chi connectivity index (χ1n) is 8.21. The maximum Gasteiger partial charge on any atom is 0.244 e. The topological polar surface area (TPSA) is 78.0 Å². The predicted molar refractivity (Wildman–Crippen MR) is 111 cm³/mol. The Hall–Kier alpha value is -2.25. The summed E-state index contributed by atoms with van der Waals surface area (Å²) in [6.07, 6.45) is 0. The summed E-state index contributed by atoms with van der Waals surface area (Å²) in [7, 11) is -3.62. The molecule has 3 rings (SSSR count). The fourth-order valence-corrected chi connectivity index (χ4v) is 4.30. The van der Waals surface area contributed by atoms with E-state index in [9.17, 15) is 8.42 Å². The van der Waals surface area contributed by atoms with E-state index in [4.69, 9.17) is 5.73 Å². The largest absolute Gasteiger partial charge is 0.368 e. The van der Waals surface area contributed by atoms with Crippen LogP contribution in [0.3, 0.4) is 0 Å². The third-order valence-electron chi connectivity index (χ3n) is 4.20. The minimum atomic E-state index is -3.62. The number of nitrogen functional groups attached to an aromatic ring is 1. The molecule has 3 aromatic rings. The zero-order chi connectivity index (χ0) is 19.1. The number of allylic oxidation sites excluding steroid dienone is 1. The first-order chi connectivity index (χ1) is 12.2. The van der Waals surface area contributed by atoms with Gasteiger partial charge < -0.3 is 5.73 Å². The molecule has 0 bridgehead atoms. The molecule has 0 unspecified atom stereocenters. The van der Waals surface area contributed by atoms with Crippen molar-refractivity contribution in [2.24, 2.45) is 0 Å². The molecule has 0 fully saturated rings. The van der Waals surface area contributed by atoms with Gasteiger partial charge in [0, 0.05) is 0 Å². The molecule has 0 radical (unpaired) electrons. The van der Waals surface area contributed by atoms with Gasteiger partial charge in [-0.1, -0.05) is 36.4 Å². The van der Waals surface area contributed by atoms with Gasteiger partial charge in [-0.15, -0.1) is 12.6 Å². The van der Waals surface area contributed by atoms with Crippen molar-refractivity contribution in [3.05, 3.63) is 64.6 Å². The number of imidazole rings is 1. The molecule has 26 heavy (non-hydrogen) atoms. The van der Waals surface area contributed by atoms with E-state index in [2.05, 4.69) is 17.6 Å². The lowest BCUT2D eigenvalue weighted by molar-refractivity contribution is 0.580. The van der Waals surface area contributed by atoms with Gasteiger partial charge in [0.05, 0.1) is 16.3 Å². The standard InChI is InChI=1S/C19H21N3O2S2/c1-12(2)26(23,24)22-17-11-15(9-10-16(17)21-19(22)20)18(13(3)25)14-7-5-4-6-8-14/h4-12,25H,1-3H3,(H2,20,21). The second kappa shape index (κ2) is 6.81. The molecule has 1 heterocycles. The Kier molecular flexibility index (Phi) is 4.86. The molecule has 2 N–H and O–H groups in total. The molecule has 7 heteroatoms. The van der Waals surface area contributed by atoms with Crippen molar-refractivity contribution < 1.29 is 8.42 Å². The number of nitrogens with zero attached hydrogens (tertiary/aromatic N) is 2. The highest BCUT2D eigenvalue weighted by atomic mass is 32.2. The van der Waals surface area contributed by atoms with Crippen LogP contribution >= 0.6 is 12.6 Å². The molecule has 0 aliphatic rings. The minimum Gasteiger partial charge on any atom is -0.368 e. The monoisotopic (exact) mass is 387 g/mol. The molecule has 0 saturated carbocycles. The Morgan fingerprint density at radius 1 is 1.12 bits per heavy atom. The Morgan fingerprint density at radius 3 is 2.35 bits per heavy atom. The normalized spacial score (nSPS) is 13.3. The van der Waals surface area contributed by atoms with Crippen molar-refractivity contribution in [1.82, 2.24) is 8.96 Å². The van der Waals surface area contributed by atoms with Crippen LogP contribution in [-0.2, 0) is 10.0 Å². The highest BCUT2D eigenvalue weighted by Crippen LogP contribution is 2.32. The fourth-order valence-electron chi connectivity index (χ4n) is 2.90. The first kappa shape index (κ1) is 18.5. The van der Waals surface area contributed by atoms with Gasteiger partial charge in [0.25, 0.3) is 0 Å². The maximum atomic E-state index is 12.7. The Labute approximate surface area is 159 Å². The zero-order valence-corrected chi connectivity index (χ0v) is 16.6. The summed E-state index contributed by atoms with van der Waals surface area (Å²) in [5.74, 6) is -0.0290. The van der Waals surface area contributed by atoms with Gasteiger partial charge in [-0.25, -0.2) is 17.4 Å². The molecule has 0 aliphatic heterocycles. The van der Waals surface area contributed by atoms with Gasteiger partial charge in [0.15, 0.2) is 0 Å². The van der Waals surface area contributed by atoms with Crippen LogP contribution in [0.25, 0.3) is 16.6 Å². The second-order valence-electron chi connectivity index (χ2n) is 6.36. The fraction of sp³-hybridized carbons (Fsp3) is 0.211. The van der Waals surface area contributed by atoms with Crippen molar-refractivity contribution in [1.29, 1.82) is 0 Å². The van der Waals surface area contributed by atoms with Gasteiger partial charge >= 0.3 is 0 Å². The molecule has 1 aromatic heterocycles. The Morgan fingerprint density at radius 2 is 1.77 bits per heavy atom. The van der Waals surface area contributed by atoms with E-state index in [1.54, 1.807) is 26.0 Å². The average molecular weight is 388 g/mol. The number of hydrogen-bond donors (Lipinski definition) is 2. The van der Waals surface area contributed by atoms with Crippen molar-refractivity contribution >= 4 is 45.2 Å². The zero-order valence-electron chi connectivity index (χ0n) is 14.8. The number of fused-ring (bicyclic) bond motifs is 1. The second-order valence-corrected chi connectivity index (χ2v) is 9.37. The van der Waals surface area contributed by atoms with Crippen LogP contribution in [0, 0.1) is 0 Å². The van der Waals surface area contributed by atoms with Gasteiger partial charge in [0.2, 0.25) is 16.0 Å². The van der Waals surface area contributed by atoms with E-state index in [0.29, 0.717) is 11.0 Å². The predicted octanol–water partition coefficient (Wildman–Crippen LogP) is 3.91. The summed E-state index contributed by atoms with van der Waals surface area (Å²) in [5, 5.41) is -0.610. The molecular weight excluding hydrogens is 366 g/mol. The Balaban J connectivity index is 2.29. The summed E-state index contributed by atoms with van der Waals surface area (Å²) < 4.78 is 26.6. The molecule has 0 atom stereocenters. The smallest absolute Gasteiger partial charge is 0.244 e. The Bertz CT molecular complexity index is 1090. The number of aromatic nitrogens is 2. The van der Waals surface area contributed by atoms with Crippen LogP contribution < -0.4 is 5.73 Å². The van der Waals surface area contributed by atoms with E-state index in [-0.39, 0.29) is 5.95 Å². The lowest BCUT2D eigenvalue weighted by atomic mass is 9.97. The van der Waals surface area contributed by atoms with Crippen molar-refractivity contribution in [2.45, 2.75) is 26.0 Å². The van der Waals surface area contributed by atoms with Crippen molar-refractivity contribution in [3.63, 3.8) is 0 Å². The SMILES string of the molecule is CC(S)=C(c1ccccc1)c1ccc2nc(N)n(S(=O)(=O)C(C)C)c2c1. The molecule has 2 aromatic carbocycles. The van der Waals surface area contributed by atoms with Crippen molar-refractivity contribution in [3.8, 4) is 0 Å². The number of hydrogen-bond acceptors (Lipinski definition) is 5. The van der Waals surface area contributed by atoms with E-state index in [0.717, 1.165) is 25.6 Å². The van der Waals surface area contributed by atoms with Crippen LogP contribution in [0.2, 0.25) is 0 Å². The van der Waals surface area contributed by atoms with E-state index in [1.165, 1.54) is 0 Å². The van der Waals surface area contributed by atoms with Crippen LogP contribution in [0.4, 0.5) is 5.95 Å². The van der Waals surface area contributed by atoms with Gasteiger partial charge in [-0.05, 0) is 54.5 Å². The number of benzene rings is 2. The lowest BCUT2D eigenvalue weighted by Gasteiger charge is -2.13. The van der Waals surface area contributed by atoms with Gasteiger partial charge in [-0.3, -0.25) is 0 Å². The molecule has 136 valence electrons. The molecular formula is C19H21N3O2S2. The molecule has 0 amide bonds. The summed E-state index contributed by atoms with van der Waals surface area (Å²) in [6.45, 7) is 5.15. The highest BCUT2D eigenvalue weighted by Gasteiger charge is 2.24. The summed E-state index contributed by atoms with van der Waals surface area (Å²) in [5.41, 5.74) is 9.73. The number of rotatable bonds is 4. The van der Waals surface area contributed by atoms with E-state index < -0.39 is 15.3 Å². The van der Waals surface area contributed by atoms with Gasteiger partial charge in [0.1, 0.15) is 0 Å². The quantitative estimate of drug-likeness (QED) is 0.665. The number of nitrogens with two attached hydrogens (primary N) is 1. The third-order valence-corrected chi connectivity index (χ3v) is 6.51. The van der Waals surface area contributed by atoms with Crippen LogP contribution in [-0.4, -0.2) is 22.6 Å². The van der Waals surface area contributed by atoms with Crippen LogP contribution in [0.5, 0.6) is 0 Å². The summed E-state index contributed by atoms with van der Waals surface area (Å²) >= 11 is 4.55. The molecule has 5 nitrogen and oxygen atoms in total. The number of thiol groups is 1. The third kappa shape index (κ3) is 3.12. The summed E-state index contributed by atoms with van der Waals surface area (Å²) in [4.78, 5) is 5.04. The summed E-state index contributed by atoms with van der Waals surface area (Å²) in [6, 6.07) is 15.3. The molecule has 0 aliphatic carbocycles. The van der Waals surface area contributed by atoms with E-state index in [1.807, 2.05) is 43.3 Å². The average Bonchev–Trinajstić information content (AvgIpc) is 2.91. The van der Waals surface area contributed by atoms with E-state index >= 15 is 0 Å². The number of anilines is 1. The first-order valence-corrected chi connectivity index (χ1v) is 10.2. The van der Waals surface area contributed by atoms with Crippen LogP contribution in [0.15, 0.2) is 53.4 Å².